The van der Waals surface area contributed by atoms with Crippen molar-refractivity contribution in [1.29, 1.82) is 0 Å². The zero-order valence-electron chi connectivity index (χ0n) is 14.1. The summed E-state index contributed by atoms with van der Waals surface area (Å²) in [6.45, 7) is 2.43. The molecule has 7 heteroatoms. The van der Waals surface area contributed by atoms with Crippen molar-refractivity contribution in [3.63, 3.8) is 0 Å². The summed E-state index contributed by atoms with van der Waals surface area (Å²) in [7, 11) is -2.25. The Morgan fingerprint density at radius 3 is 2.62 bits per heavy atom. The monoisotopic (exact) mass is 352 g/mol. The van der Waals surface area contributed by atoms with E-state index in [-0.39, 0.29) is 28.6 Å². The second-order valence-corrected chi connectivity index (χ2v) is 8.43. The van der Waals surface area contributed by atoms with Gasteiger partial charge in [0, 0.05) is 24.2 Å². The molecule has 3 rings (SSSR count). The molecule has 1 heterocycles. The van der Waals surface area contributed by atoms with Crippen LogP contribution in [0.4, 0.5) is 0 Å². The van der Waals surface area contributed by atoms with Gasteiger partial charge in [-0.3, -0.25) is 4.79 Å². The minimum atomic E-state index is -3.69. The number of carbonyl (C=O) groups excluding carboxylic acids is 1. The van der Waals surface area contributed by atoms with Crippen molar-refractivity contribution in [2.45, 2.75) is 56.0 Å². The number of nitrogens with zero attached hydrogens (tertiary/aromatic N) is 1. The number of amides is 1. The van der Waals surface area contributed by atoms with Crippen molar-refractivity contribution < 1.29 is 17.9 Å². The maximum Gasteiger partial charge on any atom is 0.251 e. The number of rotatable bonds is 5. The van der Waals surface area contributed by atoms with E-state index >= 15 is 0 Å². The molecule has 1 N–H and O–H groups in total. The number of piperidine rings is 1. The van der Waals surface area contributed by atoms with Gasteiger partial charge in [-0.15, -0.1) is 0 Å². The molecule has 2 fully saturated rings. The molecule has 1 amide bonds. The van der Waals surface area contributed by atoms with Crippen LogP contribution >= 0.6 is 0 Å². The third-order valence-electron chi connectivity index (χ3n) is 4.67. The Morgan fingerprint density at radius 2 is 2.00 bits per heavy atom. The molecule has 1 saturated carbocycles. The van der Waals surface area contributed by atoms with Crippen LogP contribution < -0.4 is 10.1 Å². The van der Waals surface area contributed by atoms with Crippen molar-refractivity contribution in [2.75, 3.05) is 13.7 Å². The van der Waals surface area contributed by atoms with Gasteiger partial charge in [0.05, 0.1) is 7.11 Å². The van der Waals surface area contributed by atoms with Crippen LogP contribution in [0.25, 0.3) is 0 Å². The average Bonchev–Trinajstić information content (AvgIpc) is 3.38. The number of sulfonamides is 1. The first-order valence-electron chi connectivity index (χ1n) is 8.44. The second kappa shape index (κ2) is 6.72. The predicted molar refractivity (Wildman–Crippen MR) is 90.7 cm³/mol. The van der Waals surface area contributed by atoms with Crippen LogP contribution in [0.1, 0.15) is 49.4 Å². The fourth-order valence-corrected chi connectivity index (χ4v) is 4.95. The van der Waals surface area contributed by atoms with Gasteiger partial charge in [0.2, 0.25) is 10.0 Å². The van der Waals surface area contributed by atoms with E-state index in [1.807, 2.05) is 6.92 Å². The van der Waals surface area contributed by atoms with E-state index in [2.05, 4.69) is 5.32 Å². The van der Waals surface area contributed by atoms with Gasteiger partial charge in [-0.25, -0.2) is 8.42 Å². The lowest BCUT2D eigenvalue weighted by Crippen LogP contribution is -2.42. The smallest absolute Gasteiger partial charge is 0.251 e. The van der Waals surface area contributed by atoms with E-state index in [1.54, 1.807) is 12.1 Å². The van der Waals surface area contributed by atoms with Crippen LogP contribution in [0.3, 0.4) is 0 Å². The molecular weight excluding hydrogens is 328 g/mol. The second-order valence-electron chi connectivity index (χ2n) is 6.57. The summed E-state index contributed by atoms with van der Waals surface area (Å²) in [6, 6.07) is 4.78. The van der Waals surface area contributed by atoms with Gasteiger partial charge in [0.1, 0.15) is 10.6 Å². The van der Waals surface area contributed by atoms with Crippen molar-refractivity contribution >= 4 is 15.9 Å². The Morgan fingerprint density at radius 1 is 1.25 bits per heavy atom. The lowest BCUT2D eigenvalue weighted by molar-refractivity contribution is 0.0951. The summed E-state index contributed by atoms with van der Waals surface area (Å²) < 4.78 is 33.0. The SMILES string of the molecule is COc1ccc(C(=O)NC2CC2)cc1S(=O)(=O)N1CCCCC1C. The first-order valence-corrected chi connectivity index (χ1v) is 9.88. The number of benzene rings is 1. The number of ether oxygens (including phenoxy) is 1. The number of hydrogen-bond donors (Lipinski definition) is 1. The summed E-state index contributed by atoms with van der Waals surface area (Å²) in [4.78, 5) is 12.3. The minimum absolute atomic E-state index is 0.0441. The van der Waals surface area contributed by atoms with Gasteiger partial charge in [-0.05, 0) is 50.8 Å². The topological polar surface area (TPSA) is 75.7 Å². The average molecular weight is 352 g/mol. The number of nitrogens with one attached hydrogen (secondary N) is 1. The van der Waals surface area contributed by atoms with Gasteiger partial charge in [0.25, 0.3) is 5.91 Å². The molecule has 24 heavy (non-hydrogen) atoms. The van der Waals surface area contributed by atoms with Gasteiger partial charge in [0.15, 0.2) is 0 Å². The highest BCUT2D eigenvalue weighted by atomic mass is 32.2. The van der Waals surface area contributed by atoms with Crippen LogP contribution in [-0.4, -0.2) is 44.4 Å². The van der Waals surface area contributed by atoms with E-state index in [9.17, 15) is 13.2 Å². The molecular formula is C17H24N2O4S. The molecule has 1 aliphatic heterocycles. The first-order chi connectivity index (χ1) is 11.4. The largest absolute Gasteiger partial charge is 0.495 e. The summed E-state index contributed by atoms with van der Waals surface area (Å²) >= 11 is 0. The zero-order valence-corrected chi connectivity index (χ0v) is 14.9. The molecule has 0 aromatic heterocycles. The highest BCUT2D eigenvalue weighted by molar-refractivity contribution is 7.89. The molecule has 0 spiro atoms. The third kappa shape index (κ3) is 3.42. The van der Waals surface area contributed by atoms with Crippen molar-refractivity contribution in [1.82, 2.24) is 9.62 Å². The molecule has 132 valence electrons. The highest BCUT2D eigenvalue weighted by Gasteiger charge is 2.34. The molecule has 0 radical (unpaired) electrons. The molecule has 1 atom stereocenters. The lowest BCUT2D eigenvalue weighted by atomic mass is 10.1. The van der Waals surface area contributed by atoms with Gasteiger partial charge >= 0.3 is 0 Å². The summed E-state index contributed by atoms with van der Waals surface area (Å²) in [5.41, 5.74) is 0.353. The Kier molecular flexibility index (Phi) is 4.83. The minimum Gasteiger partial charge on any atom is -0.495 e. The molecule has 2 aliphatic rings. The van der Waals surface area contributed by atoms with Crippen LogP contribution in [0.2, 0.25) is 0 Å². The molecule has 1 saturated heterocycles. The molecule has 6 nitrogen and oxygen atoms in total. The zero-order chi connectivity index (χ0) is 17.3. The van der Waals surface area contributed by atoms with Gasteiger partial charge in [-0.1, -0.05) is 6.42 Å². The third-order valence-corrected chi connectivity index (χ3v) is 6.70. The van der Waals surface area contributed by atoms with Crippen LogP contribution in [-0.2, 0) is 10.0 Å². The number of carbonyl (C=O) groups is 1. The molecule has 0 bridgehead atoms. The number of methoxy groups -OCH3 is 1. The van der Waals surface area contributed by atoms with Crippen molar-refractivity contribution in [2.24, 2.45) is 0 Å². The number of hydrogen-bond acceptors (Lipinski definition) is 4. The predicted octanol–water partition coefficient (Wildman–Crippen LogP) is 2.15. The van der Waals surface area contributed by atoms with Crippen molar-refractivity contribution in [3.8, 4) is 5.75 Å². The lowest BCUT2D eigenvalue weighted by Gasteiger charge is -2.32. The normalized spacial score (nSPS) is 22.2. The maximum absolute atomic E-state index is 13.1. The fourth-order valence-electron chi connectivity index (χ4n) is 3.07. The Balaban J connectivity index is 1.95. The summed E-state index contributed by atoms with van der Waals surface area (Å²) in [5.74, 6) is 0.0408. The summed E-state index contributed by atoms with van der Waals surface area (Å²) in [5, 5.41) is 2.89. The first kappa shape index (κ1) is 17.2. The van der Waals surface area contributed by atoms with Gasteiger partial charge < -0.3 is 10.1 Å². The van der Waals surface area contributed by atoms with E-state index in [0.29, 0.717) is 12.1 Å². The van der Waals surface area contributed by atoms with E-state index in [0.717, 1.165) is 32.1 Å². The fraction of sp³-hybridized carbons (Fsp3) is 0.588. The molecule has 1 aliphatic carbocycles. The van der Waals surface area contributed by atoms with E-state index in [1.165, 1.54) is 17.5 Å². The Labute approximate surface area is 143 Å². The Hall–Kier alpha value is -1.60. The van der Waals surface area contributed by atoms with Crippen LogP contribution in [0.5, 0.6) is 5.75 Å². The van der Waals surface area contributed by atoms with Gasteiger partial charge in [-0.2, -0.15) is 4.31 Å². The Bertz CT molecular complexity index is 728. The standard InChI is InChI=1S/C17H24N2O4S/c1-12-5-3-4-10-19(12)24(21,22)16-11-13(6-9-15(16)23-2)17(20)18-14-7-8-14/h6,9,11-12,14H,3-5,7-8,10H2,1-2H3,(H,18,20). The van der Waals surface area contributed by atoms with E-state index < -0.39 is 10.0 Å². The maximum atomic E-state index is 13.1. The molecule has 1 aromatic carbocycles. The van der Waals surface area contributed by atoms with Crippen LogP contribution in [0.15, 0.2) is 23.1 Å². The summed E-state index contributed by atoms with van der Waals surface area (Å²) in [6.07, 6.45) is 4.71. The van der Waals surface area contributed by atoms with Crippen molar-refractivity contribution in [3.05, 3.63) is 23.8 Å². The van der Waals surface area contributed by atoms with Crippen LogP contribution in [0, 0.1) is 0 Å². The highest BCUT2D eigenvalue weighted by Crippen LogP contribution is 2.32. The van der Waals surface area contributed by atoms with E-state index in [4.69, 9.17) is 4.74 Å². The molecule has 1 aromatic rings. The quantitative estimate of drug-likeness (QED) is 0.881. The molecule has 1 unspecified atom stereocenters.